The van der Waals surface area contributed by atoms with Gasteiger partial charge in [0.25, 0.3) is 5.91 Å². The van der Waals surface area contributed by atoms with E-state index in [1.165, 1.54) is 6.42 Å². The van der Waals surface area contributed by atoms with Gasteiger partial charge in [0.2, 0.25) is 0 Å². The summed E-state index contributed by atoms with van der Waals surface area (Å²) in [6.45, 7) is 3.96. The van der Waals surface area contributed by atoms with Crippen molar-refractivity contribution in [3.8, 4) is 21.9 Å². The molecule has 0 unspecified atom stereocenters. The Bertz CT molecular complexity index is 796. The number of hydrogen-bond acceptors (Lipinski definition) is 5. The van der Waals surface area contributed by atoms with Crippen molar-refractivity contribution < 1.29 is 14.3 Å². The summed E-state index contributed by atoms with van der Waals surface area (Å²) in [6.07, 6.45) is 3.41. The van der Waals surface area contributed by atoms with E-state index < -0.39 is 0 Å². The Morgan fingerprint density at radius 3 is 2.70 bits per heavy atom. The predicted octanol–water partition coefficient (Wildman–Crippen LogP) is 3.65. The standard InChI is InChI=1S/C21H26N2O3S/c1-22-9-6-15-7-10-23(11-8-15)21(24)20-5-4-19(27-20)16-2-3-17-18(14-16)26-13-12-25-17/h2-5,14-15,22H,6-13H2,1H3. The largest absolute Gasteiger partial charge is 0.486 e. The summed E-state index contributed by atoms with van der Waals surface area (Å²) >= 11 is 1.56. The lowest BCUT2D eigenvalue weighted by atomic mass is 9.93. The number of amides is 1. The highest BCUT2D eigenvalue weighted by Crippen LogP contribution is 2.37. The molecule has 0 aliphatic carbocycles. The summed E-state index contributed by atoms with van der Waals surface area (Å²) in [4.78, 5) is 16.8. The van der Waals surface area contributed by atoms with Crippen molar-refractivity contribution in [3.63, 3.8) is 0 Å². The highest BCUT2D eigenvalue weighted by Gasteiger charge is 2.24. The first kappa shape index (κ1) is 18.3. The highest BCUT2D eigenvalue weighted by atomic mass is 32.1. The van der Waals surface area contributed by atoms with Gasteiger partial charge in [0.05, 0.1) is 4.88 Å². The Balaban J connectivity index is 1.41. The number of carbonyl (C=O) groups is 1. The molecule has 4 rings (SSSR count). The summed E-state index contributed by atoms with van der Waals surface area (Å²) in [5.74, 6) is 2.47. The van der Waals surface area contributed by atoms with E-state index in [0.29, 0.717) is 13.2 Å². The summed E-state index contributed by atoms with van der Waals surface area (Å²) in [5.41, 5.74) is 1.06. The van der Waals surface area contributed by atoms with E-state index in [1.807, 2.05) is 42.3 Å². The molecule has 1 aromatic carbocycles. The van der Waals surface area contributed by atoms with Crippen LogP contribution in [0.2, 0.25) is 0 Å². The van der Waals surface area contributed by atoms with Gasteiger partial charge >= 0.3 is 0 Å². The fourth-order valence-corrected chi connectivity index (χ4v) is 4.70. The highest BCUT2D eigenvalue weighted by molar-refractivity contribution is 7.17. The van der Waals surface area contributed by atoms with Crippen molar-refractivity contribution in [2.45, 2.75) is 19.3 Å². The second-order valence-corrected chi connectivity index (χ2v) is 8.23. The molecule has 2 aliphatic heterocycles. The lowest BCUT2D eigenvalue weighted by Gasteiger charge is -2.31. The Morgan fingerprint density at radius 1 is 1.15 bits per heavy atom. The Kier molecular flexibility index (Phi) is 5.64. The number of carbonyl (C=O) groups excluding carboxylic acids is 1. The fraction of sp³-hybridized carbons (Fsp3) is 0.476. The second-order valence-electron chi connectivity index (χ2n) is 7.15. The first-order valence-electron chi connectivity index (χ1n) is 9.68. The van der Waals surface area contributed by atoms with Crippen LogP contribution in [0.15, 0.2) is 30.3 Å². The molecule has 1 saturated heterocycles. The van der Waals surface area contributed by atoms with E-state index in [-0.39, 0.29) is 5.91 Å². The topological polar surface area (TPSA) is 50.8 Å². The first-order valence-corrected chi connectivity index (χ1v) is 10.5. The molecule has 27 heavy (non-hydrogen) atoms. The third-order valence-corrected chi connectivity index (χ3v) is 6.47. The molecular formula is C21H26N2O3S. The van der Waals surface area contributed by atoms with E-state index in [4.69, 9.17) is 9.47 Å². The van der Waals surface area contributed by atoms with Gasteiger partial charge in [-0.1, -0.05) is 0 Å². The summed E-state index contributed by atoms with van der Waals surface area (Å²) in [5, 5.41) is 3.22. The molecule has 3 heterocycles. The molecule has 2 aromatic rings. The number of rotatable bonds is 5. The molecule has 0 spiro atoms. The lowest BCUT2D eigenvalue weighted by Crippen LogP contribution is -2.38. The SMILES string of the molecule is CNCCC1CCN(C(=O)c2ccc(-c3ccc4c(c3)OCCO4)s2)CC1. The van der Waals surface area contributed by atoms with Crippen LogP contribution in [0.3, 0.4) is 0 Å². The van der Waals surface area contributed by atoms with Crippen molar-refractivity contribution >= 4 is 17.2 Å². The number of benzene rings is 1. The molecule has 144 valence electrons. The number of thiophene rings is 1. The maximum atomic E-state index is 12.9. The molecule has 2 aliphatic rings. The minimum Gasteiger partial charge on any atom is -0.486 e. The summed E-state index contributed by atoms with van der Waals surface area (Å²) in [7, 11) is 1.99. The zero-order valence-electron chi connectivity index (χ0n) is 15.7. The third-order valence-electron chi connectivity index (χ3n) is 5.35. The number of hydrogen-bond donors (Lipinski definition) is 1. The van der Waals surface area contributed by atoms with E-state index in [2.05, 4.69) is 5.32 Å². The van der Waals surface area contributed by atoms with Gasteiger partial charge in [0.15, 0.2) is 11.5 Å². The average molecular weight is 387 g/mol. The number of nitrogens with one attached hydrogen (secondary N) is 1. The van der Waals surface area contributed by atoms with Crippen molar-refractivity contribution in [3.05, 3.63) is 35.2 Å². The van der Waals surface area contributed by atoms with Crippen LogP contribution in [-0.4, -0.2) is 50.7 Å². The number of ether oxygens (including phenoxy) is 2. The van der Waals surface area contributed by atoms with Crippen LogP contribution in [0.25, 0.3) is 10.4 Å². The van der Waals surface area contributed by atoms with Crippen LogP contribution in [0.4, 0.5) is 0 Å². The molecule has 1 fully saturated rings. The molecule has 0 radical (unpaired) electrons. The molecule has 1 N–H and O–H groups in total. The number of piperidine rings is 1. The quantitative estimate of drug-likeness (QED) is 0.852. The minimum absolute atomic E-state index is 0.163. The van der Waals surface area contributed by atoms with Crippen LogP contribution in [0.5, 0.6) is 11.5 Å². The third kappa shape index (κ3) is 4.12. The Hall–Kier alpha value is -2.05. The predicted molar refractivity (Wildman–Crippen MR) is 108 cm³/mol. The van der Waals surface area contributed by atoms with Gasteiger partial charge in [-0.05, 0) is 74.7 Å². The normalized spacial score (nSPS) is 17.1. The van der Waals surface area contributed by atoms with Crippen molar-refractivity contribution in [2.24, 2.45) is 5.92 Å². The van der Waals surface area contributed by atoms with Gasteiger partial charge in [-0.2, -0.15) is 0 Å². The van der Waals surface area contributed by atoms with Crippen molar-refractivity contribution in [1.29, 1.82) is 0 Å². The van der Waals surface area contributed by atoms with Gasteiger partial charge in [-0.25, -0.2) is 0 Å². The molecule has 1 aromatic heterocycles. The lowest BCUT2D eigenvalue weighted by molar-refractivity contribution is 0.0692. The van der Waals surface area contributed by atoms with Crippen LogP contribution >= 0.6 is 11.3 Å². The number of nitrogens with zero attached hydrogens (tertiary/aromatic N) is 1. The van der Waals surface area contributed by atoms with Gasteiger partial charge in [0, 0.05) is 18.0 Å². The monoisotopic (exact) mass is 386 g/mol. The molecule has 0 saturated carbocycles. The van der Waals surface area contributed by atoms with Crippen LogP contribution in [0.1, 0.15) is 28.9 Å². The molecule has 1 amide bonds. The van der Waals surface area contributed by atoms with Gasteiger partial charge in [0.1, 0.15) is 13.2 Å². The van der Waals surface area contributed by atoms with Crippen LogP contribution < -0.4 is 14.8 Å². The molecule has 6 heteroatoms. The molecular weight excluding hydrogens is 360 g/mol. The Labute approximate surface area is 164 Å². The van der Waals surface area contributed by atoms with Crippen molar-refractivity contribution in [2.75, 3.05) is 39.9 Å². The maximum absolute atomic E-state index is 12.9. The van der Waals surface area contributed by atoms with E-state index >= 15 is 0 Å². The summed E-state index contributed by atoms with van der Waals surface area (Å²) in [6, 6.07) is 9.96. The van der Waals surface area contributed by atoms with E-state index in [0.717, 1.165) is 65.2 Å². The average Bonchev–Trinajstić information content (AvgIpc) is 3.22. The van der Waals surface area contributed by atoms with Crippen LogP contribution in [0, 0.1) is 5.92 Å². The molecule has 0 atom stereocenters. The smallest absolute Gasteiger partial charge is 0.263 e. The van der Waals surface area contributed by atoms with Gasteiger partial charge < -0.3 is 19.7 Å². The van der Waals surface area contributed by atoms with E-state index in [1.54, 1.807) is 11.3 Å². The minimum atomic E-state index is 0.163. The van der Waals surface area contributed by atoms with Gasteiger partial charge in [-0.15, -0.1) is 11.3 Å². The fourth-order valence-electron chi connectivity index (χ4n) is 3.73. The van der Waals surface area contributed by atoms with Gasteiger partial charge in [-0.3, -0.25) is 4.79 Å². The number of likely N-dealkylation sites (tertiary alicyclic amines) is 1. The first-order chi connectivity index (χ1) is 13.2. The number of fused-ring (bicyclic) bond motifs is 1. The maximum Gasteiger partial charge on any atom is 0.263 e. The molecule has 0 bridgehead atoms. The van der Waals surface area contributed by atoms with Crippen molar-refractivity contribution in [1.82, 2.24) is 10.2 Å². The summed E-state index contributed by atoms with van der Waals surface area (Å²) < 4.78 is 11.3. The Morgan fingerprint density at radius 2 is 1.93 bits per heavy atom. The second kappa shape index (κ2) is 8.31. The van der Waals surface area contributed by atoms with Crippen LogP contribution in [-0.2, 0) is 0 Å². The molecule has 5 nitrogen and oxygen atoms in total. The zero-order chi connectivity index (χ0) is 18.6. The zero-order valence-corrected chi connectivity index (χ0v) is 16.5. The van der Waals surface area contributed by atoms with E-state index in [9.17, 15) is 4.79 Å².